The lowest BCUT2D eigenvalue weighted by Crippen LogP contribution is -1.89. The van der Waals surface area contributed by atoms with Gasteiger partial charge in [0.25, 0.3) is 0 Å². The molecule has 0 aliphatic rings. The van der Waals surface area contributed by atoms with Crippen molar-refractivity contribution < 1.29 is 0 Å². The number of hydrogen-bond acceptors (Lipinski definition) is 2. The van der Waals surface area contributed by atoms with Crippen LogP contribution in [0.15, 0.2) is 58.3 Å². The number of thioether (sulfide) groups is 2. The van der Waals surface area contributed by atoms with Gasteiger partial charge < -0.3 is 0 Å². The van der Waals surface area contributed by atoms with E-state index in [4.69, 9.17) is 0 Å². The van der Waals surface area contributed by atoms with Gasteiger partial charge in [0, 0.05) is 9.79 Å². The quantitative estimate of drug-likeness (QED) is 0.531. The zero-order valence-corrected chi connectivity index (χ0v) is 12.6. The van der Waals surface area contributed by atoms with Crippen LogP contribution >= 0.6 is 23.5 Å². The van der Waals surface area contributed by atoms with E-state index in [1.165, 1.54) is 20.9 Å². The standard InChI is InChI=1S/C16H18S2/c1-12-4-8-15(9-5-12)17-14(3)18-16-10-6-13(2)7-11-16/h4-11,14H,1-3H3. The average Bonchev–Trinajstić information content (AvgIpc) is 2.35. The monoisotopic (exact) mass is 274 g/mol. The summed E-state index contributed by atoms with van der Waals surface area (Å²) in [5.41, 5.74) is 2.64. The summed E-state index contributed by atoms with van der Waals surface area (Å²) in [6.45, 7) is 6.51. The third-order valence-corrected chi connectivity index (χ3v) is 4.98. The minimum Gasteiger partial charge on any atom is -0.112 e. The summed E-state index contributed by atoms with van der Waals surface area (Å²) in [4.78, 5) is 2.68. The Morgan fingerprint density at radius 2 is 1.00 bits per heavy atom. The van der Waals surface area contributed by atoms with Crippen LogP contribution in [0, 0.1) is 13.8 Å². The predicted molar refractivity (Wildman–Crippen MR) is 83.5 cm³/mol. The van der Waals surface area contributed by atoms with Crippen molar-refractivity contribution in [2.75, 3.05) is 0 Å². The van der Waals surface area contributed by atoms with Crippen LogP contribution in [0.4, 0.5) is 0 Å². The Morgan fingerprint density at radius 1 is 0.667 bits per heavy atom. The molecule has 0 amide bonds. The average molecular weight is 274 g/mol. The van der Waals surface area contributed by atoms with Crippen LogP contribution in [0.25, 0.3) is 0 Å². The summed E-state index contributed by atoms with van der Waals surface area (Å²) in [6, 6.07) is 17.5. The summed E-state index contributed by atoms with van der Waals surface area (Å²) >= 11 is 3.83. The lowest BCUT2D eigenvalue weighted by molar-refractivity contribution is 1.32. The Balaban J connectivity index is 1.94. The first-order valence-electron chi connectivity index (χ1n) is 6.10. The summed E-state index contributed by atoms with van der Waals surface area (Å²) in [5, 5.41) is 0. The van der Waals surface area contributed by atoms with Crippen molar-refractivity contribution in [1.82, 2.24) is 0 Å². The van der Waals surface area contributed by atoms with Gasteiger partial charge in [0.15, 0.2) is 0 Å². The molecule has 0 aromatic heterocycles. The van der Waals surface area contributed by atoms with Gasteiger partial charge in [-0.15, -0.1) is 23.5 Å². The predicted octanol–water partition coefficient (Wildman–Crippen LogP) is 5.53. The molecule has 0 unspecified atom stereocenters. The van der Waals surface area contributed by atoms with Gasteiger partial charge in [0.1, 0.15) is 0 Å². The highest BCUT2D eigenvalue weighted by atomic mass is 32.2. The van der Waals surface area contributed by atoms with Crippen LogP contribution in [0.1, 0.15) is 18.1 Å². The molecule has 2 heteroatoms. The van der Waals surface area contributed by atoms with Crippen LogP contribution in [-0.2, 0) is 0 Å². The Bertz CT molecular complexity index is 438. The Hall–Kier alpha value is -0.860. The van der Waals surface area contributed by atoms with Crippen molar-refractivity contribution >= 4 is 23.5 Å². The number of aryl methyl sites for hydroxylation is 2. The number of hydrogen-bond donors (Lipinski definition) is 0. The van der Waals surface area contributed by atoms with E-state index in [2.05, 4.69) is 69.3 Å². The molecule has 0 aliphatic carbocycles. The lowest BCUT2D eigenvalue weighted by Gasteiger charge is -2.11. The maximum Gasteiger partial charge on any atom is 0.0568 e. The van der Waals surface area contributed by atoms with E-state index in [1.54, 1.807) is 0 Å². The molecule has 0 saturated heterocycles. The minimum atomic E-state index is 0.524. The van der Waals surface area contributed by atoms with E-state index in [9.17, 15) is 0 Å². The second-order valence-corrected chi connectivity index (χ2v) is 7.56. The second-order valence-electron chi connectivity index (χ2n) is 4.43. The van der Waals surface area contributed by atoms with Gasteiger partial charge in [-0.2, -0.15) is 0 Å². The maximum absolute atomic E-state index is 2.26. The molecule has 0 atom stereocenters. The normalized spacial score (nSPS) is 10.9. The van der Waals surface area contributed by atoms with Crippen LogP contribution in [0.5, 0.6) is 0 Å². The molecule has 0 N–H and O–H groups in total. The molecule has 0 spiro atoms. The van der Waals surface area contributed by atoms with E-state index in [1.807, 2.05) is 23.5 Å². The molecule has 0 bridgehead atoms. The zero-order valence-electron chi connectivity index (χ0n) is 11.0. The van der Waals surface area contributed by atoms with Crippen molar-refractivity contribution in [3.8, 4) is 0 Å². The van der Waals surface area contributed by atoms with Crippen LogP contribution < -0.4 is 0 Å². The topological polar surface area (TPSA) is 0 Å². The first-order chi connectivity index (χ1) is 8.63. The molecule has 0 fully saturated rings. The largest absolute Gasteiger partial charge is 0.112 e. The second kappa shape index (κ2) is 6.35. The highest BCUT2D eigenvalue weighted by Gasteiger charge is 2.06. The number of rotatable bonds is 4. The van der Waals surface area contributed by atoms with Gasteiger partial charge in [0.2, 0.25) is 0 Å². The highest BCUT2D eigenvalue weighted by molar-refractivity contribution is 8.17. The molecular formula is C16H18S2. The van der Waals surface area contributed by atoms with Crippen molar-refractivity contribution in [3.63, 3.8) is 0 Å². The van der Waals surface area contributed by atoms with E-state index in [0.29, 0.717) is 4.58 Å². The SMILES string of the molecule is Cc1ccc(SC(C)Sc2ccc(C)cc2)cc1. The van der Waals surface area contributed by atoms with Crippen LogP contribution in [0.3, 0.4) is 0 Å². The van der Waals surface area contributed by atoms with Crippen molar-refractivity contribution in [2.24, 2.45) is 0 Å². The third-order valence-electron chi connectivity index (χ3n) is 2.65. The van der Waals surface area contributed by atoms with Crippen LogP contribution in [0.2, 0.25) is 0 Å². The number of benzene rings is 2. The summed E-state index contributed by atoms with van der Waals surface area (Å²) in [5.74, 6) is 0. The summed E-state index contributed by atoms with van der Waals surface area (Å²) in [7, 11) is 0. The van der Waals surface area contributed by atoms with Gasteiger partial charge in [0.05, 0.1) is 4.58 Å². The van der Waals surface area contributed by atoms with E-state index in [0.717, 1.165) is 0 Å². The third kappa shape index (κ3) is 4.11. The van der Waals surface area contributed by atoms with Gasteiger partial charge in [-0.25, -0.2) is 0 Å². The minimum absolute atomic E-state index is 0.524. The molecule has 0 heterocycles. The molecule has 2 aromatic rings. The Labute approximate surface area is 118 Å². The molecule has 18 heavy (non-hydrogen) atoms. The first kappa shape index (κ1) is 13.6. The van der Waals surface area contributed by atoms with Gasteiger partial charge in [-0.3, -0.25) is 0 Å². The van der Waals surface area contributed by atoms with E-state index < -0.39 is 0 Å². The zero-order chi connectivity index (χ0) is 13.0. The highest BCUT2D eigenvalue weighted by Crippen LogP contribution is 2.35. The molecule has 0 radical (unpaired) electrons. The molecule has 0 aliphatic heterocycles. The van der Waals surface area contributed by atoms with Gasteiger partial charge in [-0.1, -0.05) is 35.4 Å². The fraction of sp³-hybridized carbons (Fsp3) is 0.250. The molecule has 0 saturated carbocycles. The Morgan fingerprint density at radius 3 is 1.33 bits per heavy atom. The molecule has 94 valence electrons. The van der Waals surface area contributed by atoms with Crippen molar-refractivity contribution in [3.05, 3.63) is 59.7 Å². The molecule has 2 aromatic carbocycles. The molecule has 2 rings (SSSR count). The summed E-state index contributed by atoms with van der Waals surface area (Å²) < 4.78 is 0.524. The van der Waals surface area contributed by atoms with E-state index >= 15 is 0 Å². The van der Waals surface area contributed by atoms with E-state index in [-0.39, 0.29) is 0 Å². The van der Waals surface area contributed by atoms with Crippen LogP contribution in [-0.4, -0.2) is 4.58 Å². The first-order valence-corrected chi connectivity index (χ1v) is 7.86. The van der Waals surface area contributed by atoms with Gasteiger partial charge >= 0.3 is 0 Å². The fourth-order valence-corrected chi connectivity index (χ4v) is 3.85. The van der Waals surface area contributed by atoms with Crippen molar-refractivity contribution in [2.45, 2.75) is 35.1 Å². The maximum atomic E-state index is 2.26. The lowest BCUT2D eigenvalue weighted by atomic mass is 10.2. The fourth-order valence-electron chi connectivity index (χ4n) is 1.64. The Kier molecular flexibility index (Phi) is 4.79. The van der Waals surface area contributed by atoms with Crippen molar-refractivity contribution in [1.29, 1.82) is 0 Å². The smallest absolute Gasteiger partial charge is 0.0568 e. The molecule has 0 nitrogen and oxygen atoms in total. The molecular weight excluding hydrogens is 256 g/mol. The van der Waals surface area contributed by atoms with Gasteiger partial charge in [-0.05, 0) is 45.0 Å². The summed E-state index contributed by atoms with van der Waals surface area (Å²) in [6.07, 6.45) is 0.